The molecule has 0 N–H and O–H groups in total. The van der Waals surface area contributed by atoms with Gasteiger partial charge >= 0.3 is 0 Å². The monoisotopic (exact) mass is 220 g/mol. The fourth-order valence-corrected chi connectivity index (χ4v) is 4.15. The maximum atomic E-state index is 6.15. The van der Waals surface area contributed by atoms with Crippen molar-refractivity contribution in [3.05, 3.63) is 10.8 Å². The third kappa shape index (κ3) is 2.86. The Labute approximate surface area is 87.0 Å². The topological polar surface area (TPSA) is 9.23 Å². The smallest absolute Gasteiger partial charge is 0.143 e. The van der Waals surface area contributed by atoms with E-state index in [2.05, 4.69) is 34.6 Å². The highest BCUT2D eigenvalue weighted by Gasteiger charge is 2.44. The lowest BCUT2D eigenvalue weighted by Gasteiger charge is -2.12. The second-order valence-electron chi connectivity index (χ2n) is 4.89. The Bertz CT molecular complexity index is 228. The average Bonchev–Trinajstić information content (AvgIpc) is 2.55. The summed E-state index contributed by atoms with van der Waals surface area (Å²) in [6.07, 6.45) is 0. The van der Waals surface area contributed by atoms with Gasteiger partial charge < -0.3 is 4.74 Å². The summed E-state index contributed by atoms with van der Waals surface area (Å²) >= 11 is 6.15. The van der Waals surface area contributed by atoms with E-state index in [0.717, 1.165) is 12.1 Å². The highest BCUT2D eigenvalue weighted by atomic mass is 35.7. The van der Waals surface area contributed by atoms with Crippen LogP contribution in [-0.2, 0) is 4.74 Å². The summed E-state index contributed by atoms with van der Waals surface area (Å²) in [5.41, 5.74) is 1.28. The summed E-state index contributed by atoms with van der Waals surface area (Å²) in [6, 6.07) is 0. The number of hydrogen-bond donors (Lipinski definition) is 0. The molecule has 0 amide bonds. The van der Waals surface area contributed by atoms with Crippen LogP contribution in [0, 0.1) is 11.3 Å². The van der Waals surface area contributed by atoms with Crippen molar-refractivity contribution in [2.75, 3.05) is 6.61 Å². The van der Waals surface area contributed by atoms with Gasteiger partial charge in [-0.05, 0) is 11.3 Å². The van der Waals surface area contributed by atoms with Gasteiger partial charge in [-0.15, -0.1) is 0 Å². The molecule has 0 spiro atoms. The normalized spacial score (nSPS) is 22.5. The number of hydrogen-bond acceptors (Lipinski definition) is 1. The van der Waals surface area contributed by atoms with E-state index in [4.69, 9.17) is 16.0 Å². The lowest BCUT2D eigenvalue weighted by Crippen LogP contribution is -2.01. The van der Waals surface area contributed by atoms with Crippen molar-refractivity contribution in [2.24, 2.45) is 11.3 Å². The number of halogens is 1. The van der Waals surface area contributed by atoms with Crippen LogP contribution in [0.1, 0.15) is 34.6 Å². The lowest BCUT2D eigenvalue weighted by molar-refractivity contribution is 0.203. The molecule has 1 nitrogen and oxygen atoms in total. The maximum Gasteiger partial charge on any atom is 0.143 e. The van der Waals surface area contributed by atoms with Crippen molar-refractivity contribution in [3.8, 4) is 0 Å². The molecule has 1 atom stereocenters. The summed E-state index contributed by atoms with van der Waals surface area (Å²) in [6.45, 7) is 11.6. The van der Waals surface area contributed by atoms with Gasteiger partial charge in [0.15, 0.2) is 0 Å². The van der Waals surface area contributed by atoms with Crippen LogP contribution in [0.3, 0.4) is 0 Å². The van der Waals surface area contributed by atoms with Gasteiger partial charge in [0, 0.05) is 5.31 Å². The molecule has 0 saturated heterocycles. The van der Waals surface area contributed by atoms with E-state index in [9.17, 15) is 0 Å². The molecule has 3 heteroatoms. The summed E-state index contributed by atoms with van der Waals surface area (Å²) in [4.78, 5) is 0. The maximum absolute atomic E-state index is 6.15. The van der Waals surface area contributed by atoms with Gasteiger partial charge in [0.1, 0.15) is 5.50 Å². The second-order valence-corrected chi connectivity index (χ2v) is 7.32. The third-order valence-corrected chi connectivity index (χ3v) is 4.51. The van der Waals surface area contributed by atoms with Gasteiger partial charge in [0.2, 0.25) is 0 Å². The molecule has 1 heterocycles. The summed E-state index contributed by atoms with van der Waals surface area (Å²) in [7, 11) is -0.533. The zero-order valence-corrected chi connectivity index (χ0v) is 10.7. The third-order valence-electron chi connectivity index (χ3n) is 1.79. The minimum absolute atomic E-state index is 0.194. The molecule has 1 aliphatic rings. The molecule has 0 aromatic rings. The highest BCUT2D eigenvalue weighted by molar-refractivity contribution is 7.96. The van der Waals surface area contributed by atoms with Gasteiger partial charge in [-0.2, -0.15) is 0 Å². The molecule has 76 valence electrons. The minimum Gasteiger partial charge on any atom is -0.491 e. The van der Waals surface area contributed by atoms with Crippen LogP contribution in [0.25, 0.3) is 0 Å². The van der Waals surface area contributed by atoms with Gasteiger partial charge in [0.25, 0.3) is 0 Å². The number of allylic oxidation sites excluding steroid dienone is 1. The second kappa shape index (κ2) is 3.79. The zero-order chi connectivity index (χ0) is 10.2. The van der Waals surface area contributed by atoms with Gasteiger partial charge in [-0.3, -0.25) is 0 Å². The van der Waals surface area contributed by atoms with Crippen LogP contribution in [-0.4, -0.2) is 6.61 Å². The predicted octanol–water partition coefficient (Wildman–Crippen LogP) is 4.52. The molecular formula is C10H18ClOP. The Morgan fingerprint density at radius 1 is 1.38 bits per heavy atom. The highest BCUT2D eigenvalue weighted by Crippen LogP contribution is 2.78. The first-order valence-electron chi connectivity index (χ1n) is 4.67. The van der Waals surface area contributed by atoms with Gasteiger partial charge in [-0.1, -0.05) is 45.9 Å². The molecule has 1 aliphatic heterocycles. The van der Waals surface area contributed by atoms with Crippen LogP contribution in [0.4, 0.5) is 0 Å². The van der Waals surface area contributed by atoms with Crippen molar-refractivity contribution < 1.29 is 4.74 Å². The summed E-state index contributed by atoms with van der Waals surface area (Å²) < 4.78 is 5.64. The summed E-state index contributed by atoms with van der Waals surface area (Å²) in [5.74, 6) is 0.578. The van der Waals surface area contributed by atoms with Crippen molar-refractivity contribution in [1.29, 1.82) is 0 Å². The van der Waals surface area contributed by atoms with Gasteiger partial charge in [-0.25, -0.2) is 0 Å². The predicted molar refractivity (Wildman–Crippen MR) is 60.0 cm³/mol. The first kappa shape index (κ1) is 11.3. The molecule has 13 heavy (non-hydrogen) atoms. The molecule has 1 rings (SSSR count). The van der Waals surface area contributed by atoms with E-state index < -0.39 is 7.27 Å². The fourth-order valence-electron chi connectivity index (χ4n) is 1.12. The van der Waals surface area contributed by atoms with E-state index in [-0.39, 0.29) is 5.41 Å². The molecule has 0 saturated carbocycles. The molecule has 0 fully saturated rings. The Morgan fingerprint density at radius 2 is 1.92 bits per heavy atom. The number of rotatable bonds is 3. The average molecular weight is 221 g/mol. The molecule has 0 unspecified atom stereocenters. The Hall–Kier alpha value is 0.260. The SMILES string of the molecule is CC(C)COC1=C(C(C)(C)C)[P@]1Cl. The largest absolute Gasteiger partial charge is 0.491 e. The standard InChI is InChI=1S/C10H18ClOP/c1-7(2)6-12-9-8(13(9)11)10(3,4)5/h7H,6H2,1-5H3/t13-/m0/s1. The number of ether oxygens (including phenoxy) is 1. The first-order chi connectivity index (χ1) is 5.84. The molecule has 0 aliphatic carbocycles. The van der Waals surface area contributed by atoms with E-state index in [1.165, 1.54) is 5.31 Å². The van der Waals surface area contributed by atoms with E-state index in [1.54, 1.807) is 0 Å². The van der Waals surface area contributed by atoms with E-state index in [1.807, 2.05) is 0 Å². The van der Waals surface area contributed by atoms with Crippen molar-refractivity contribution in [3.63, 3.8) is 0 Å². The molecule has 0 bridgehead atoms. The minimum atomic E-state index is -0.533. The van der Waals surface area contributed by atoms with E-state index in [0.29, 0.717) is 5.92 Å². The molecule has 0 aromatic heterocycles. The Morgan fingerprint density at radius 3 is 2.23 bits per heavy atom. The molecular weight excluding hydrogens is 203 g/mol. The van der Waals surface area contributed by atoms with Crippen molar-refractivity contribution in [1.82, 2.24) is 0 Å². The van der Waals surface area contributed by atoms with Gasteiger partial charge in [0.05, 0.1) is 13.9 Å². The molecule has 0 aromatic carbocycles. The van der Waals surface area contributed by atoms with Crippen molar-refractivity contribution in [2.45, 2.75) is 34.6 Å². The van der Waals surface area contributed by atoms with Crippen LogP contribution < -0.4 is 0 Å². The van der Waals surface area contributed by atoms with Crippen LogP contribution in [0.2, 0.25) is 0 Å². The fraction of sp³-hybridized carbons (Fsp3) is 0.800. The van der Waals surface area contributed by atoms with Crippen LogP contribution in [0.15, 0.2) is 10.8 Å². The Balaban J connectivity index is 2.48. The van der Waals surface area contributed by atoms with Crippen LogP contribution in [0.5, 0.6) is 0 Å². The Kier molecular flexibility index (Phi) is 3.30. The lowest BCUT2D eigenvalue weighted by atomic mass is 9.97. The van der Waals surface area contributed by atoms with E-state index >= 15 is 0 Å². The van der Waals surface area contributed by atoms with Crippen molar-refractivity contribution >= 4 is 18.5 Å². The summed E-state index contributed by atoms with van der Waals surface area (Å²) in [5, 5.41) is 1.34. The molecule has 0 radical (unpaired) electrons. The van der Waals surface area contributed by atoms with Crippen LogP contribution >= 0.6 is 18.5 Å². The quantitative estimate of drug-likeness (QED) is 0.636. The first-order valence-corrected chi connectivity index (χ1v) is 6.92. The zero-order valence-electron chi connectivity index (χ0n) is 9.02.